The molecule has 0 amide bonds. The Labute approximate surface area is 75.2 Å². The van der Waals surface area contributed by atoms with Crippen LogP contribution in [-0.2, 0) is 4.74 Å². The first-order chi connectivity index (χ1) is 5.74. The van der Waals surface area contributed by atoms with Gasteiger partial charge in [-0.15, -0.1) is 0 Å². The molecule has 0 aliphatic carbocycles. The fraction of sp³-hybridized carbons (Fsp3) is 0.800. The van der Waals surface area contributed by atoms with E-state index in [4.69, 9.17) is 4.74 Å². The quantitative estimate of drug-likeness (QED) is 0.626. The Hall–Kier alpha value is -0.500. The largest absolute Gasteiger partial charge is 0.374 e. The molecule has 0 aromatic rings. The Kier molecular flexibility index (Phi) is 3.60. The molecule has 1 saturated heterocycles. The highest BCUT2D eigenvalue weighted by Gasteiger charge is 2.20. The van der Waals surface area contributed by atoms with Gasteiger partial charge in [0, 0.05) is 13.1 Å². The number of hydrogen-bond donors (Lipinski definition) is 0. The number of allylic oxidation sites excluding steroid dienone is 1. The second-order valence-corrected chi connectivity index (χ2v) is 3.63. The molecule has 1 heterocycles. The zero-order valence-electron chi connectivity index (χ0n) is 8.29. The van der Waals surface area contributed by atoms with Gasteiger partial charge in [0.25, 0.3) is 0 Å². The van der Waals surface area contributed by atoms with Crippen LogP contribution < -0.4 is 0 Å². The van der Waals surface area contributed by atoms with Crippen LogP contribution in [0.4, 0.5) is 0 Å². The van der Waals surface area contributed by atoms with E-state index in [1.54, 1.807) is 0 Å². The second kappa shape index (κ2) is 4.51. The van der Waals surface area contributed by atoms with E-state index in [1.807, 2.05) is 0 Å². The molecule has 1 atom stereocenters. The van der Waals surface area contributed by atoms with Crippen molar-refractivity contribution in [3.63, 3.8) is 0 Å². The van der Waals surface area contributed by atoms with Gasteiger partial charge in [-0.05, 0) is 19.0 Å². The first-order valence-corrected chi connectivity index (χ1v) is 4.72. The molecule has 0 N–H and O–H groups in total. The maximum Gasteiger partial charge on any atom is 0.0773 e. The van der Waals surface area contributed by atoms with Crippen LogP contribution >= 0.6 is 0 Å². The molecular formula is C10H19NO. The molecule has 1 aliphatic heterocycles. The third-order valence-corrected chi connectivity index (χ3v) is 2.23. The summed E-state index contributed by atoms with van der Waals surface area (Å²) in [4.78, 5) is 2.33. The van der Waals surface area contributed by atoms with E-state index in [-0.39, 0.29) is 0 Å². The minimum Gasteiger partial charge on any atom is -0.374 e. The van der Waals surface area contributed by atoms with E-state index in [2.05, 4.69) is 37.9 Å². The van der Waals surface area contributed by atoms with E-state index in [0.29, 0.717) is 12.0 Å². The summed E-state index contributed by atoms with van der Waals surface area (Å²) >= 11 is 0. The molecule has 70 valence electrons. The normalized spacial score (nSPS) is 25.7. The highest BCUT2D eigenvalue weighted by Crippen LogP contribution is 2.13. The lowest BCUT2D eigenvalue weighted by molar-refractivity contribution is -0.0363. The standard InChI is InChI=1S/C10H19NO/c1-4-5-11-6-7-12-10(8-11)9(2)3/h4-5,9-10H,6-8H2,1-3H3/b5-4+/t10-/m0/s1. The zero-order valence-corrected chi connectivity index (χ0v) is 8.29. The summed E-state index contributed by atoms with van der Waals surface area (Å²) in [5.41, 5.74) is 0. The van der Waals surface area contributed by atoms with Gasteiger partial charge >= 0.3 is 0 Å². The van der Waals surface area contributed by atoms with Crippen LogP contribution in [0.5, 0.6) is 0 Å². The molecule has 12 heavy (non-hydrogen) atoms. The van der Waals surface area contributed by atoms with E-state index >= 15 is 0 Å². The van der Waals surface area contributed by atoms with Crippen molar-refractivity contribution in [3.05, 3.63) is 12.3 Å². The molecule has 0 aromatic heterocycles. The zero-order chi connectivity index (χ0) is 8.97. The van der Waals surface area contributed by atoms with Crippen molar-refractivity contribution in [3.8, 4) is 0 Å². The summed E-state index contributed by atoms with van der Waals surface area (Å²) in [5, 5.41) is 0. The van der Waals surface area contributed by atoms with Crippen molar-refractivity contribution in [2.45, 2.75) is 26.9 Å². The first kappa shape index (κ1) is 9.59. The lowest BCUT2D eigenvalue weighted by Gasteiger charge is -2.34. The average Bonchev–Trinajstić information content (AvgIpc) is 2.05. The van der Waals surface area contributed by atoms with Gasteiger partial charge in [0.2, 0.25) is 0 Å². The SMILES string of the molecule is C/C=C/N1CCO[C@H](C(C)C)C1. The van der Waals surface area contributed by atoms with Crippen LogP contribution in [0.15, 0.2) is 12.3 Å². The third-order valence-electron chi connectivity index (χ3n) is 2.23. The van der Waals surface area contributed by atoms with Crippen molar-refractivity contribution in [1.29, 1.82) is 0 Å². The van der Waals surface area contributed by atoms with Gasteiger partial charge in [0.15, 0.2) is 0 Å². The van der Waals surface area contributed by atoms with E-state index < -0.39 is 0 Å². The topological polar surface area (TPSA) is 12.5 Å². The molecule has 0 unspecified atom stereocenters. The van der Waals surface area contributed by atoms with Crippen molar-refractivity contribution >= 4 is 0 Å². The summed E-state index contributed by atoms with van der Waals surface area (Å²) < 4.78 is 5.64. The molecule has 0 aromatic carbocycles. The molecule has 2 nitrogen and oxygen atoms in total. The molecule has 0 spiro atoms. The van der Waals surface area contributed by atoms with Gasteiger partial charge in [-0.25, -0.2) is 0 Å². The number of hydrogen-bond acceptors (Lipinski definition) is 2. The Balaban J connectivity index is 2.40. The van der Waals surface area contributed by atoms with Gasteiger partial charge in [0.1, 0.15) is 0 Å². The molecule has 2 heteroatoms. The smallest absolute Gasteiger partial charge is 0.0773 e. The maximum absolute atomic E-state index is 5.64. The van der Waals surface area contributed by atoms with Crippen molar-refractivity contribution in [2.24, 2.45) is 5.92 Å². The lowest BCUT2D eigenvalue weighted by Crippen LogP contribution is -2.41. The van der Waals surface area contributed by atoms with Gasteiger partial charge in [-0.1, -0.05) is 19.9 Å². The highest BCUT2D eigenvalue weighted by molar-refractivity contribution is 4.84. The van der Waals surface area contributed by atoms with Crippen molar-refractivity contribution in [1.82, 2.24) is 4.90 Å². The van der Waals surface area contributed by atoms with E-state index in [9.17, 15) is 0 Å². The van der Waals surface area contributed by atoms with Crippen molar-refractivity contribution < 1.29 is 4.74 Å². The summed E-state index contributed by atoms with van der Waals surface area (Å²) in [6.07, 6.45) is 4.65. The number of ether oxygens (including phenoxy) is 1. The van der Waals surface area contributed by atoms with Gasteiger partial charge in [0.05, 0.1) is 12.7 Å². The van der Waals surface area contributed by atoms with Crippen LogP contribution in [0.2, 0.25) is 0 Å². The Morgan fingerprint density at radius 1 is 1.50 bits per heavy atom. The summed E-state index contributed by atoms with van der Waals surface area (Å²) in [7, 11) is 0. The Bertz CT molecular complexity index is 154. The predicted octanol–water partition coefficient (Wildman–Crippen LogP) is 1.88. The summed E-state index contributed by atoms with van der Waals surface area (Å²) in [6.45, 7) is 9.43. The molecule has 0 saturated carbocycles. The average molecular weight is 169 g/mol. The van der Waals surface area contributed by atoms with Crippen molar-refractivity contribution in [2.75, 3.05) is 19.7 Å². The van der Waals surface area contributed by atoms with Crippen LogP contribution in [0.25, 0.3) is 0 Å². The van der Waals surface area contributed by atoms with Crippen LogP contribution in [0.3, 0.4) is 0 Å². The molecule has 0 bridgehead atoms. The highest BCUT2D eigenvalue weighted by atomic mass is 16.5. The van der Waals surface area contributed by atoms with Crippen LogP contribution in [-0.4, -0.2) is 30.7 Å². The number of nitrogens with zero attached hydrogens (tertiary/aromatic N) is 1. The summed E-state index contributed by atoms with van der Waals surface area (Å²) in [5.74, 6) is 0.623. The number of rotatable bonds is 2. The minimum absolute atomic E-state index is 0.412. The molecular weight excluding hydrogens is 150 g/mol. The second-order valence-electron chi connectivity index (χ2n) is 3.63. The molecule has 1 aliphatic rings. The molecule has 0 radical (unpaired) electrons. The molecule has 1 rings (SSSR count). The van der Waals surface area contributed by atoms with Crippen LogP contribution in [0, 0.1) is 5.92 Å². The Morgan fingerprint density at radius 3 is 2.83 bits per heavy atom. The Morgan fingerprint density at radius 2 is 2.25 bits per heavy atom. The fourth-order valence-corrected chi connectivity index (χ4v) is 1.45. The van der Waals surface area contributed by atoms with Gasteiger partial charge < -0.3 is 9.64 Å². The summed E-state index contributed by atoms with van der Waals surface area (Å²) in [6, 6.07) is 0. The van der Waals surface area contributed by atoms with E-state index in [0.717, 1.165) is 19.7 Å². The first-order valence-electron chi connectivity index (χ1n) is 4.72. The predicted molar refractivity (Wildman–Crippen MR) is 51.0 cm³/mol. The molecule has 1 fully saturated rings. The number of morpholine rings is 1. The van der Waals surface area contributed by atoms with E-state index in [1.165, 1.54) is 0 Å². The monoisotopic (exact) mass is 169 g/mol. The third kappa shape index (κ3) is 2.52. The van der Waals surface area contributed by atoms with Crippen LogP contribution in [0.1, 0.15) is 20.8 Å². The fourth-order valence-electron chi connectivity index (χ4n) is 1.45. The van der Waals surface area contributed by atoms with Gasteiger partial charge in [-0.2, -0.15) is 0 Å². The van der Waals surface area contributed by atoms with Gasteiger partial charge in [-0.3, -0.25) is 0 Å². The lowest BCUT2D eigenvalue weighted by atomic mass is 10.1. The minimum atomic E-state index is 0.412. The maximum atomic E-state index is 5.64.